The summed E-state index contributed by atoms with van der Waals surface area (Å²) < 4.78 is 0. The van der Waals surface area contributed by atoms with E-state index < -0.39 is 17.4 Å². The lowest BCUT2D eigenvalue weighted by atomic mass is 9.75. The first kappa shape index (κ1) is 20.2. The minimum absolute atomic E-state index is 0.169. The third kappa shape index (κ3) is 2.23. The molecule has 3 amide bonds. The van der Waals surface area contributed by atoms with Crippen molar-refractivity contribution in [3.63, 3.8) is 0 Å². The second-order valence-electron chi connectivity index (χ2n) is 9.16. The maximum absolute atomic E-state index is 14.0. The van der Waals surface area contributed by atoms with Gasteiger partial charge in [0.15, 0.2) is 0 Å². The van der Waals surface area contributed by atoms with Gasteiger partial charge >= 0.3 is 0 Å². The normalized spacial score (nSPS) is 30.8. The molecule has 6 nitrogen and oxygen atoms in total. The van der Waals surface area contributed by atoms with E-state index in [2.05, 4.69) is 10.2 Å². The molecule has 3 saturated heterocycles. The largest absolute Gasteiger partial charge is 0.324 e. The molecule has 4 aliphatic rings. The lowest BCUT2D eigenvalue weighted by Gasteiger charge is -2.36. The summed E-state index contributed by atoms with van der Waals surface area (Å²) in [7, 11) is 0. The molecule has 2 aromatic rings. The van der Waals surface area contributed by atoms with Crippen LogP contribution in [0.1, 0.15) is 29.5 Å². The van der Waals surface area contributed by atoms with Crippen LogP contribution in [0.2, 0.25) is 10.0 Å². The number of benzene rings is 2. The van der Waals surface area contributed by atoms with Crippen LogP contribution in [0.4, 0.5) is 11.4 Å². The van der Waals surface area contributed by atoms with Gasteiger partial charge in [0.2, 0.25) is 17.7 Å². The highest BCUT2D eigenvalue weighted by Gasteiger charge is 2.74. The highest BCUT2D eigenvalue weighted by molar-refractivity contribution is 6.38. The van der Waals surface area contributed by atoms with Gasteiger partial charge in [-0.1, -0.05) is 35.3 Å². The molecule has 164 valence electrons. The number of fused-ring (bicyclic) bond motifs is 7. The molecule has 0 saturated carbocycles. The third-order valence-corrected chi connectivity index (χ3v) is 8.40. The minimum Gasteiger partial charge on any atom is -0.324 e. The summed E-state index contributed by atoms with van der Waals surface area (Å²) in [5.41, 5.74) is 2.70. The van der Waals surface area contributed by atoms with Gasteiger partial charge in [-0.25, -0.2) is 4.90 Å². The highest BCUT2D eigenvalue weighted by atomic mass is 35.5. The van der Waals surface area contributed by atoms with Crippen molar-refractivity contribution >= 4 is 52.3 Å². The van der Waals surface area contributed by atoms with E-state index in [1.54, 1.807) is 12.1 Å². The first-order valence-corrected chi connectivity index (χ1v) is 11.6. The standard InChI is InChI=1S/C24H21Cl2N3O3/c1-11-5-7-14-20(12(11)2)27-23(32)24(14)19-18(16-4-3-9-28(16)24)21(30)29(22(19)31)17-10-13(25)6-8-15(17)26/h5-8,10,16,18-19H,3-4,9H2,1-2H3,(H,27,32)/t16-,18-,19-,24-/m0/s1. The van der Waals surface area contributed by atoms with E-state index in [1.165, 1.54) is 6.07 Å². The van der Waals surface area contributed by atoms with Crippen molar-refractivity contribution in [1.29, 1.82) is 0 Å². The molecule has 32 heavy (non-hydrogen) atoms. The molecular formula is C24H21Cl2N3O3. The zero-order valence-corrected chi connectivity index (χ0v) is 19.1. The minimum atomic E-state index is -1.19. The van der Waals surface area contributed by atoms with E-state index in [4.69, 9.17) is 23.2 Å². The fourth-order valence-electron chi connectivity index (χ4n) is 6.41. The average molecular weight is 470 g/mol. The molecule has 2 aromatic carbocycles. The molecule has 0 unspecified atom stereocenters. The Morgan fingerprint density at radius 3 is 2.62 bits per heavy atom. The van der Waals surface area contributed by atoms with Gasteiger partial charge in [0.25, 0.3) is 0 Å². The Hall–Kier alpha value is -2.41. The monoisotopic (exact) mass is 469 g/mol. The van der Waals surface area contributed by atoms with E-state index in [0.29, 0.717) is 11.6 Å². The fraction of sp³-hybridized carbons (Fsp3) is 0.375. The summed E-state index contributed by atoms with van der Waals surface area (Å²) >= 11 is 12.5. The summed E-state index contributed by atoms with van der Waals surface area (Å²) in [5.74, 6) is -2.32. The summed E-state index contributed by atoms with van der Waals surface area (Å²) in [6, 6.07) is 8.50. The summed E-state index contributed by atoms with van der Waals surface area (Å²) in [5, 5.41) is 3.72. The van der Waals surface area contributed by atoms with Gasteiger partial charge in [-0.3, -0.25) is 19.3 Å². The van der Waals surface area contributed by atoms with Crippen LogP contribution >= 0.6 is 23.2 Å². The zero-order chi connectivity index (χ0) is 22.5. The second-order valence-corrected chi connectivity index (χ2v) is 10.0. The van der Waals surface area contributed by atoms with Gasteiger partial charge in [0.1, 0.15) is 5.54 Å². The molecule has 3 fully saturated rings. The number of nitrogens with one attached hydrogen (secondary N) is 1. The maximum Gasteiger partial charge on any atom is 0.250 e. The van der Waals surface area contributed by atoms with Crippen LogP contribution in [0.5, 0.6) is 0 Å². The van der Waals surface area contributed by atoms with E-state index in [-0.39, 0.29) is 34.5 Å². The Morgan fingerprint density at radius 2 is 1.84 bits per heavy atom. The molecule has 0 bridgehead atoms. The van der Waals surface area contributed by atoms with Crippen molar-refractivity contribution in [2.24, 2.45) is 11.8 Å². The Kier molecular flexibility index (Phi) is 4.15. The van der Waals surface area contributed by atoms with Gasteiger partial charge in [-0.05, 0) is 62.6 Å². The Labute approximate surface area is 195 Å². The smallest absolute Gasteiger partial charge is 0.250 e. The van der Waals surface area contributed by atoms with Crippen LogP contribution in [-0.4, -0.2) is 35.2 Å². The lowest BCUT2D eigenvalue weighted by Crippen LogP contribution is -2.54. The number of nitrogens with zero attached hydrogens (tertiary/aromatic N) is 2. The summed E-state index contributed by atoms with van der Waals surface area (Å²) in [6.07, 6.45) is 1.65. The molecule has 1 N–H and O–H groups in total. The predicted octanol–water partition coefficient (Wildman–Crippen LogP) is 4.04. The van der Waals surface area contributed by atoms with Crippen LogP contribution < -0.4 is 10.2 Å². The second kappa shape index (κ2) is 6.56. The van der Waals surface area contributed by atoms with Crippen LogP contribution in [0.3, 0.4) is 0 Å². The van der Waals surface area contributed by atoms with Crippen LogP contribution in [-0.2, 0) is 19.9 Å². The fourth-order valence-corrected chi connectivity index (χ4v) is 6.78. The number of anilines is 2. The summed E-state index contributed by atoms with van der Waals surface area (Å²) in [4.78, 5) is 44.7. The van der Waals surface area contributed by atoms with Gasteiger partial charge < -0.3 is 5.32 Å². The first-order chi connectivity index (χ1) is 15.3. The van der Waals surface area contributed by atoms with Crippen molar-refractivity contribution < 1.29 is 14.4 Å². The van der Waals surface area contributed by atoms with E-state index >= 15 is 0 Å². The number of rotatable bonds is 1. The van der Waals surface area contributed by atoms with Crippen LogP contribution in [0, 0.1) is 25.7 Å². The Bertz CT molecular complexity index is 1250. The van der Waals surface area contributed by atoms with E-state index in [9.17, 15) is 14.4 Å². The number of hydrogen-bond donors (Lipinski definition) is 1. The summed E-state index contributed by atoms with van der Waals surface area (Å²) in [6.45, 7) is 4.65. The van der Waals surface area contributed by atoms with Gasteiger partial charge in [-0.15, -0.1) is 0 Å². The number of carbonyl (C=O) groups excluding carboxylic acids is 3. The number of carbonyl (C=O) groups is 3. The van der Waals surface area contributed by atoms with Crippen molar-refractivity contribution in [3.05, 3.63) is 57.1 Å². The Morgan fingerprint density at radius 1 is 1.06 bits per heavy atom. The van der Waals surface area contributed by atoms with E-state index in [0.717, 1.165) is 40.1 Å². The zero-order valence-electron chi connectivity index (χ0n) is 17.6. The molecule has 4 aliphatic heterocycles. The van der Waals surface area contributed by atoms with E-state index in [1.807, 2.05) is 26.0 Å². The number of imide groups is 1. The molecule has 1 spiro atoms. The molecule has 4 atom stereocenters. The number of aryl methyl sites for hydroxylation is 1. The van der Waals surface area contributed by atoms with Gasteiger partial charge in [-0.2, -0.15) is 0 Å². The van der Waals surface area contributed by atoms with Crippen molar-refractivity contribution in [2.75, 3.05) is 16.8 Å². The predicted molar refractivity (Wildman–Crippen MR) is 122 cm³/mol. The van der Waals surface area contributed by atoms with Crippen molar-refractivity contribution in [2.45, 2.75) is 38.3 Å². The van der Waals surface area contributed by atoms with Crippen LogP contribution in [0.15, 0.2) is 30.3 Å². The average Bonchev–Trinajstić information content (AvgIpc) is 3.46. The quantitative estimate of drug-likeness (QED) is 0.639. The molecule has 4 heterocycles. The number of halogens is 2. The van der Waals surface area contributed by atoms with Crippen LogP contribution in [0.25, 0.3) is 0 Å². The molecule has 8 heteroatoms. The lowest BCUT2D eigenvalue weighted by molar-refractivity contribution is -0.135. The first-order valence-electron chi connectivity index (χ1n) is 10.8. The van der Waals surface area contributed by atoms with Crippen molar-refractivity contribution in [1.82, 2.24) is 4.90 Å². The van der Waals surface area contributed by atoms with Crippen molar-refractivity contribution in [3.8, 4) is 0 Å². The maximum atomic E-state index is 14.0. The number of amides is 3. The number of hydrogen-bond acceptors (Lipinski definition) is 4. The SMILES string of the molecule is Cc1ccc2c(c1C)NC(=O)[C@@]21[C@@H]2C(=O)N(c3cc(Cl)ccc3Cl)C(=O)[C@H]2[C@@H]2CCCN21. The molecule has 6 rings (SSSR count). The Balaban J connectivity index is 1.58. The highest BCUT2D eigenvalue weighted by Crippen LogP contribution is 2.61. The molecule has 0 aromatic heterocycles. The van der Waals surface area contributed by atoms with Gasteiger partial charge in [0.05, 0.1) is 22.5 Å². The van der Waals surface area contributed by atoms with Gasteiger partial charge in [0, 0.05) is 22.3 Å². The molecule has 0 radical (unpaired) electrons. The third-order valence-electron chi connectivity index (χ3n) is 7.85. The molecule has 0 aliphatic carbocycles. The molecular weight excluding hydrogens is 449 g/mol. The topological polar surface area (TPSA) is 69.7 Å².